The largest absolute Gasteiger partial charge is 0.465 e. The summed E-state index contributed by atoms with van der Waals surface area (Å²) in [6, 6.07) is 6.56. The van der Waals surface area contributed by atoms with E-state index in [0.29, 0.717) is 11.3 Å². The fourth-order valence-electron chi connectivity index (χ4n) is 2.11. The Morgan fingerprint density at radius 1 is 1.26 bits per heavy atom. The van der Waals surface area contributed by atoms with Crippen molar-refractivity contribution in [3.05, 3.63) is 29.8 Å². The quantitative estimate of drug-likeness (QED) is 0.811. The summed E-state index contributed by atoms with van der Waals surface area (Å²) in [4.78, 5) is 23.3. The second-order valence-corrected chi connectivity index (χ2v) is 4.56. The van der Waals surface area contributed by atoms with Crippen LogP contribution < -0.4 is 10.6 Å². The molecular weight excluding hydrogens is 244 g/mol. The van der Waals surface area contributed by atoms with Gasteiger partial charge < -0.3 is 15.4 Å². The van der Waals surface area contributed by atoms with Crippen LogP contribution in [0, 0.1) is 0 Å². The van der Waals surface area contributed by atoms with E-state index in [1.807, 2.05) is 0 Å². The monoisotopic (exact) mass is 262 g/mol. The van der Waals surface area contributed by atoms with Gasteiger partial charge in [-0.3, -0.25) is 4.79 Å². The molecule has 1 amide bonds. The number of piperidine rings is 1. The minimum absolute atomic E-state index is 0.0227. The SMILES string of the molecule is COC(=O)c1ccc(NC(=O)[C@H]2CCCCN2)cc1. The second kappa shape index (κ2) is 6.33. The number of hydrogen-bond donors (Lipinski definition) is 2. The van der Waals surface area contributed by atoms with Crippen molar-refractivity contribution in [2.75, 3.05) is 19.0 Å². The molecule has 2 N–H and O–H groups in total. The summed E-state index contributed by atoms with van der Waals surface area (Å²) in [6.45, 7) is 0.888. The number of amides is 1. The lowest BCUT2D eigenvalue weighted by molar-refractivity contribution is -0.118. The molecule has 0 aliphatic carbocycles. The van der Waals surface area contributed by atoms with Crippen molar-refractivity contribution in [2.24, 2.45) is 0 Å². The number of benzene rings is 1. The topological polar surface area (TPSA) is 67.4 Å². The van der Waals surface area contributed by atoms with E-state index in [0.717, 1.165) is 25.8 Å². The van der Waals surface area contributed by atoms with Crippen LogP contribution in [0.3, 0.4) is 0 Å². The lowest BCUT2D eigenvalue weighted by atomic mass is 10.0. The first-order valence-electron chi connectivity index (χ1n) is 6.43. The summed E-state index contributed by atoms with van der Waals surface area (Å²) in [6.07, 6.45) is 3.07. The maximum Gasteiger partial charge on any atom is 0.337 e. The maximum absolute atomic E-state index is 12.0. The fourth-order valence-corrected chi connectivity index (χ4v) is 2.11. The molecule has 1 atom stereocenters. The van der Waals surface area contributed by atoms with Gasteiger partial charge >= 0.3 is 5.97 Å². The molecule has 5 nitrogen and oxygen atoms in total. The van der Waals surface area contributed by atoms with Crippen LogP contribution in [-0.2, 0) is 9.53 Å². The number of rotatable bonds is 3. The molecule has 1 saturated heterocycles. The zero-order chi connectivity index (χ0) is 13.7. The minimum Gasteiger partial charge on any atom is -0.465 e. The van der Waals surface area contributed by atoms with Crippen LogP contribution in [0.25, 0.3) is 0 Å². The summed E-state index contributed by atoms with van der Waals surface area (Å²) in [7, 11) is 1.34. The molecule has 1 aromatic carbocycles. The van der Waals surface area contributed by atoms with E-state index >= 15 is 0 Å². The van der Waals surface area contributed by atoms with Gasteiger partial charge in [-0.2, -0.15) is 0 Å². The van der Waals surface area contributed by atoms with E-state index in [1.165, 1.54) is 7.11 Å². The Bertz CT molecular complexity index is 450. The van der Waals surface area contributed by atoms with Crippen LogP contribution in [0.15, 0.2) is 24.3 Å². The third kappa shape index (κ3) is 3.54. The summed E-state index contributed by atoms with van der Waals surface area (Å²) in [5.74, 6) is -0.405. The Morgan fingerprint density at radius 2 is 2.00 bits per heavy atom. The molecule has 1 aromatic rings. The molecule has 0 bridgehead atoms. The van der Waals surface area contributed by atoms with E-state index in [9.17, 15) is 9.59 Å². The zero-order valence-corrected chi connectivity index (χ0v) is 10.9. The highest BCUT2D eigenvalue weighted by molar-refractivity contribution is 5.95. The van der Waals surface area contributed by atoms with Gasteiger partial charge in [0.1, 0.15) is 0 Å². The fraction of sp³-hybridized carbons (Fsp3) is 0.429. The molecule has 0 saturated carbocycles. The predicted octanol–water partition coefficient (Wildman–Crippen LogP) is 1.55. The lowest BCUT2D eigenvalue weighted by Gasteiger charge is -2.22. The molecule has 19 heavy (non-hydrogen) atoms. The number of anilines is 1. The molecule has 1 aliphatic rings. The van der Waals surface area contributed by atoms with Gasteiger partial charge in [0.05, 0.1) is 18.7 Å². The van der Waals surface area contributed by atoms with E-state index in [2.05, 4.69) is 15.4 Å². The van der Waals surface area contributed by atoms with Crippen molar-refractivity contribution >= 4 is 17.6 Å². The summed E-state index contributed by atoms with van der Waals surface area (Å²) in [5.41, 5.74) is 1.15. The first kappa shape index (κ1) is 13.5. The van der Waals surface area contributed by atoms with E-state index in [-0.39, 0.29) is 17.9 Å². The van der Waals surface area contributed by atoms with Gasteiger partial charge in [0.15, 0.2) is 0 Å². The van der Waals surface area contributed by atoms with Crippen molar-refractivity contribution in [1.82, 2.24) is 5.32 Å². The number of carbonyl (C=O) groups excluding carboxylic acids is 2. The highest BCUT2D eigenvalue weighted by atomic mass is 16.5. The molecule has 2 rings (SSSR count). The number of nitrogens with one attached hydrogen (secondary N) is 2. The Kier molecular flexibility index (Phi) is 4.52. The van der Waals surface area contributed by atoms with Crippen molar-refractivity contribution < 1.29 is 14.3 Å². The highest BCUT2D eigenvalue weighted by Crippen LogP contribution is 2.13. The van der Waals surface area contributed by atoms with Crippen LogP contribution in [0.2, 0.25) is 0 Å². The average Bonchev–Trinajstić information content (AvgIpc) is 2.48. The molecule has 0 aromatic heterocycles. The number of carbonyl (C=O) groups is 2. The van der Waals surface area contributed by atoms with Crippen LogP contribution in [0.4, 0.5) is 5.69 Å². The highest BCUT2D eigenvalue weighted by Gasteiger charge is 2.20. The van der Waals surface area contributed by atoms with Gasteiger partial charge in [0.2, 0.25) is 5.91 Å². The first-order chi connectivity index (χ1) is 9.20. The molecule has 1 aliphatic heterocycles. The molecule has 5 heteroatoms. The van der Waals surface area contributed by atoms with Crippen LogP contribution in [-0.4, -0.2) is 31.6 Å². The van der Waals surface area contributed by atoms with Gasteiger partial charge in [0.25, 0.3) is 0 Å². The van der Waals surface area contributed by atoms with Gasteiger partial charge in [-0.1, -0.05) is 6.42 Å². The predicted molar refractivity (Wildman–Crippen MR) is 72.1 cm³/mol. The molecular formula is C14H18N2O3. The van der Waals surface area contributed by atoms with Gasteiger partial charge in [0, 0.05) is 5.69 Å². The molecule has 0 unspecified atom stereocenters. The zero-order valence-electron chi connectivity index (χ0n) is 10.9. The third-order valence-electron chi connectivity index (χ3n) is 3.20. The average molecular weight is 262 g/mol. The van der Waals surface area contributed by atoms with Crippen LogP contribution in [0.5, 0.6) is 0 Å². The van der Waals surface area contributed by atoms with E-state index in [1.54, 1.807) is 24.3 Å². The summed E-state index contributed by atoms with van der Waals surface area (Å²) < 4.78 is 4.62. The Labute approximate surface area is 112 Å². The standard InChI is InChI=1S/C14H18N2O3/c1-19-14(18)10-5-7-11(8-6-10)16-13(17)12-4-2-3-9-15-12/h5-8,12,15H,2-4,9H2,1H3,(H,16,17)/t12-/m1/s1. The number of hydrogen-bond acceptors (Lipinski definition) is 4. The summed E-state index contributed by atoms with van der Waals surface area (Å²) in [5, 5.41) is 6.03. The number of ether oxygens (including phenoxy) is 1. The normalized spacial score (nSPS) is 18.7. The number of esters is 1. The molecule has 0 radical (unpaired) electrons. The molecule has 0 spiro atoms. The Balaban J connectivity index is 1.95. The minimum atomic E-state index is -0.383. The van der Waals surface area contributed by atoms with E-state index < -0.39 is 0 Å². The van der Waals surface area contributed by atoms with Crippen molar-refractivity contribution in [2.45, 2.75) is 25.3 Å². The molecule has 1 heterocycles. The van der Waals surface area contributed by atoms with Crippen LogP contribution in [0.1, 0.15) is 29.6 Å². The smallest absolute Gasteiger partial charge is 0.337 e. The van der Waals surface area contributed by atoms with Gasteiger partial charge in [-0.25, -0.2) is 4.79 Å². The van der Waals surface area contributed by atoms with Crippen LogP contribution >= 0.6 is 0 Å². The molecule has 102 valence electrons. The van der Waals surface area contributed by atoms with E-state index in [4.69, 9.17) is 0 Å². The van der Waals surface area contributed by atoms with Gasteiger partial charge in [-0.05, 0) is 43.7 Å². The Hall–Kier alpha value is -1.88. The second-order valence-electron chi connectivity index (χ2n) is 4.56. The molecule has 1 fully saturated rings. The summed E-state index contributed by atoms with van der Waals surface area (Å²) >= 11 is 0. The number of methoxy groups -OCH3 is 1. The third-order valence-corrected chi connectivity index (χ3v) is 3.20. The van der Waals surface area contributed by atoms with Crippen molar-refractivity contribution in [3.8, 4) is 0 Å². The van der Waals surface area contributed by atoms with Crippen molar-refractivity contribution in [1.29, 1.82) is 0 Å². The lowest BCUT2D eigenvalue weighted by Crippen LogP contribution is -2.43. The first-order valence-corrected chi connectivity index (χ1v) is 6.43. The Morgan fingerprint density at radius 3 is 2.58 bits per heavy atom. The van der Waals surface area contributed by atoms with Crippen molar-refractivity contribution in [3.63, 3.8) is 0 Å². The maximum atomic E-state index is 12.0. The van der Waals surface area contributed by atoms with Gasteiger partial charge in [-0.15, -0.1) is 0 Å².